The van der Waals surface area contributed by atoms with Crippen LogP contribution in [0.2, 0.25) is 0 Å². The third kappa shape index (κ3) is 3.14. The Balaban J connectivity index is 2.42. The minimum Gasteiger partial charge on any atom is -0.495 e. The smallest absolute Gasteiger partial charge is 0.273 e. The Morgan fingerprint density at radius 3 is 2.76 bits per heavy atom. The fourth-order valence-electron chi connectivity index (χ4n) is 2.26. The van der Waals surface area contributed by atoms with Crippen molar-refractivity contribution >= 4 is 15.7 Å². The van der Waals surface area contributed by atoms with Crippen LogP contribution in [0.15, 0.2) is 23.1 Å². The van der Waals surface area contributed by atoms with E-state index >= 15 is 0 Å². The Morgan fingerprint density at radius 2 is 2.19 bits per heavy atom. The number of nitro benzene ring substituents is 1. The summed E-state index contributed by atoms with van der Waals surface area (Å²) in [6, 6.07) is 3.36. The highest BCUT2D eigenvalue weighted by molar-refractivity contribution is 7.89. The highest BCUT2D eigenvalue weighted by Crippen LogP contribution is 2.31. The standard InChI is InChI=1S/C12H16N2O6S/c1-20-11-7-9(14(16)17)4-5-12(11)21(18,19)13-6-2-3-10(15)8-13/h4-5,7,10,15H,2-3,6,8H2,1H3/t10-/m0/s1. The third-order valence-corrected chi connectivity index (χ3v) is 5.24. The first-order valence-corrected chi connectivity index (χ1v) is 7.81. The molecule has 0 saturated carbocycles. The number of aliphatic hydroxyl groups is 1. The monoisotopic (exact) mass is 316 g/mol. The van der Waals surface area contributed by atoms with Crippen LogP contribution in [0.25, 0.3) is 0 Å². The number of methoxy groups -OCH3 is 1. The summed E-state index contributed by atoms with van der Waals surface area (Å²) in [7, 11) is -2.60. The molecular formula is C12H16N2O6S. The van der Waals surface area contributed by atoms with E-state index in [0.717, 1.165) is 18.2 Å². The number of nitrogens with zero attached hydrogens (tertiary/aromatic N) is 2. The van der Waals surface area contributed by atoms with Crippen molar-refractivity contribution in [3.8, 4) is 5.75 Å². The molecule has 8 nitrogen and oxygen atoms in total. The van der Waals surface area contributed by atoms with Gasteiger partial charge in [-0.2, -0.15) is 4.31 Å². The number of β-amino-alcohol motifs (C(OH)–C–C–N with tert-alkyl or cyclic N) is 1. The predicted octanol–water partition coefficient (Wildman–Crippen LogP) is 0.749. The van der Waals surface area contributed by atoms with Crippen LogP contribution in [0.4, 0.5) is 5.69 Å². The minimum absolute atomic E-state index is 0.0163. The third-order valence-electron chi connectivity index (χ3n) is 3.34. The van der Waals surface area contributed by atoms with Crippen LogP contribution in [0.3, 0.4) is 0 Å². The second kappa shape index (κ2) is 5.96. The first-order chi connectivity index (χ1) is 9.86. The molecule has 1 N–H and O–H groups in total. The molecule has 2 rings (SSSR count). The molecule has 0 amide bonds. The molecule has 0 aliphatic carbocycles. The van der Waals surface area contributed by atoms with Gasteiger partial charge in [0.05, 0.1) is 24.2 Å². The summed E-state index contributed by atoms with van der Waals surface area (Å²) in [5.74, 6) is -0.0794. The van der Waals surface area contributed by atoms with E-state index in [1.165, 1.54) is 11.4 Å². The van der Waals surface area contributed by atoms with Gasteiger partial charge in [0.25, 0.3) is 5.69 Å². The Bertz CT molecular complexity index is 645. The molecule has 0 spiro atoms. The number of rotatable bonds is 4. The van der Waals surface area contributed by atoms with Crippen molar-refractivity contribution in [1.29, 1.82) is 0 Å². The maximum Gasteiger partial charge on any atom is 0.273 e. The summed E-state index contributed by atoms with van der Waals surface area (Å²) in [6.45, 7) is 0.321. The van der Waals surface area contributed by atoms with E-state index in [-0.39, 0.29) is 22.9 Å². The Morgan fingerprint density at radius 1 is 1.48 bits per heavy atom. The Labute approximate surface area is 122 Å². The lowest BCUT2D eigenvalue weighted by atomic mass is 10.1. The molecule has 0 bridgehead atoms. The summed E-state index contributed by atoms with van der Waals surface area (Å²) < 4.78 is 31.3. The van der Waals surface area contributed by atoms with Gasteiger partial charge in [-0.15, -0.1) is 0 Å². The average Bonchev–Trinajstić information content (AvgIpc) is 2.46. The summed E-state index contributed by atoms with van der Waals surface area (Å²) >= 11 is 0. The van der Waals surface area contributed by atoms with Gasteiger partial charge in [0, 0.05) is 19.2 Å². The predicted molar refractivity (Wildman–Crippen MR) is 73.6 cm³/mol. The number of ether oxygens (including phenoxy) is 1. The molecule has 1 aromatic carbocycles. The van der Waals surface area contributed by atoms with Gasteiger partial charge >= 0.3 is 0 Å². The average molecular weight is 316 g/mol. The Hall–Kier alpha value is -1.71. The molecule has 9 heteroatoms. The van der Waals surface area contributed by atoms with Crippen molar-refractivity contribution in [1.82, 2.24) is 4.31 Å². The van der Waals surface area contributed by atoms with Crippen LogP contribution in [0, 0.1) is 10.1 Å². The largest absolute Gasteiger partial charge is 0.495 e. The first kappa shape index (κ1) is 15.7. The SMILES string of the molecule is COc1cc([N+](=O)[O-])ccc1S(=O)(=O)N1CCC[C@H](O)C1. The summed E-state index contributed by atoms with van der Waals surface area (Å²) in [6.07, 6.45) is 0.427. The highest BCUT2D eigenvalue weighted by atomic mass is 32.2. The van der Waals surface area contributed by atoms with E-state index in [1.54, 1.807) is 0 Å². The molecule has 1 fully saturated rings. The molecule has 1 aliphatic rings. The van der Waals surface area contributed by atoms with Crippen molar-refractivity contribution in [2.45, 2.75) is 23.8 Å². The highest BCUT2D eigenvalue weighted by Gasteiger charge is 2.32. The zero-order valence-electron chi connectivity index (χ0n) is 11.4. The molecule has 21 heavy (non-hydrogen) atoms. The van der Waals surface area contributed by atoms with Crippen LogP contribution in [-0.2, 0) is 10.0 Å². The molecule has 1 aliphatic heterocycles. The number of hydrogen-bond acceptors (Lipinski definition) is 6. The molecule has 1 heterocycles. The van der Waals surface area contributed by atoms with Crippen LogP contribution >= 0.6 is 0 Å². The fraction of sp³-hybridized carbons (Fsp3) is 0.500. The number of nitro groups is 1. The van der Waals surface area contributed by atoms with Crippen LogP contribution in [0.5, 0.6) is 5.75 Å². The van der Waals surface area contributed by atoms with Crippen LogP contribution in [-0.4, -0.2) is 49.1 Å². The second-order valence-corrected chi connectivity index (χ2v) is 6.66. The maximum atomic E-state index is 12.6. The van der Waals surface area contributed by atoms with Crippen LogP contribution < -0.4 is 4.74 Å². The van der Waals surface area contributed by atoms with Gasteiger partial charge in [-0.05, 0) is 18.9 Å². The van der Waals surface area contributed by atoms with E-state index in [0.29, 0.717) is 19.4 Å². The van der Waals surface area contributed by atoms with E-state index in [9.17, 15) is 23.6 Å². The molecule has 0 aromatic heterocycles. The molecule has 1 atom stereocenters. The maximum absolute atomic E-state index is 12.6. The van der Waals surface area contributed by atoms with Crippen molar-refractivity contribution in [3.63, 3.8) is 0 Å². The van der Waals surface area contributed by atoms with E-state index in [4.69, 9.17) is 4.74 Å². The minimum atomic E-state index is -3.85. The zero-order valence-corrected chi connectivity index (χ0v) is 12.2. The summed E-state index contributed by atoms with van der Waals surface area (Å²) in [4.78, 5) is 9.98. The number of aliphatic hydroxyl groups excluding tert-OH is 1. The van der Waals surface area contributed by atoms with Crippen molar-refractivity contribution < 1.29 is 23.2 Å². The van der Waals surface area contributed by atoms with Crippen LogP contribution in [0.1, 0.15) is 12.8 Å². The number of sulfonamides is 1. The molecule has 1 saturated heterocycles. The van der Waals surface area contributed by atoms with Gasteiger partial charge in [-0.1, -0.05) is 0 Å². The molecule has 116 valence electrons. The van der Waals surface area contributed by atoms with E-state index < -0.39 is 21.1 Å². The number of piperidine rings is 1. The quantitative estimate of drug-likeness (QED) is 0.648. The number of hydrogen-bond donors (Lipinski definition) is 1. The molecule has 1 aromatic rings. The van der Waals surface area contributed by atoms with Gasteiger partial charge in [-0.25, -0.2) is 8.42 Å². The lowest BCUT2D eigenvalue weighted by Crippen LogP contribution is -2.42. The van der Waals surface area contributed by atoms with Crippen molar-refractivity contribution in [2.24, 2.45) is 0 Å². The van der Waals surface area contributed by atoms with Gasteiger partial charge in [0.2, 0.25) is 10.0 Å². The van der Waals surface area contributed by atoms with Crippen molar-refractivity contribution in [2.75, 3.05) is 20.2 Å². The molecule has 0 radical (unpaired) electrons. The molecular weight excluding hydrogens is 300 g/mol. The lowest BCUT2D eigenvalue weighted by molar-refractivity contribution is -0.385. The fourth-order valence-corrected chi connectivity index (χ4v) is 3.91. The van der Waals surface area contributed by atoms with Crippen molar-refractivity contribution in [3.05, 3.63) is 28.3 Å². The first-order valence-electron chi connectivity index (χ1n) is 6.37. The normalized spacial score (nSPS) is 20.2. The number of benzene rings is 1. The molecule has 0 unspecified atom stereocenters. The second-order valence-electron chi connectivity index (χ2n) is 4.75. The zero-order chi connectivity index (χ0) is 15.6. The summed E-state index contributed by atoms with van der Waals surface area (Å²) in [5, 5.41) is 20.3. The topological polar surface area (TPSA) is 110 Å². The van der Waals surface area contributed by atoms with Gasteiger partial charge in [0.15, 0.2) is 0 Å². The van der Waals surface area contributed by atoms with Gasteiger partial charge in [-0.3, -0.25) is 10.1 Å². The number of non-ortho nitro benzene ring substituents is 1. The van der Waals surface area contributed by atoms with Gasteiger partial charge < -0.3 is 9.84 Å². The summed E-state index contributed by atoms with van der Waals surface area (Å²) in [5.41, 5.74) is -0.246. The lowest BCUT2D eigenvalue weighted by Gasteiger charge is -2.29. The Kier molecular flexibility index (Phi) is 4.45. The van der Waals surface area contributed by atoms with Gasteiger partial charge in [0.1, 0.15) is 10.6 Å². The van der Waals surface area contributed by atoms with E-state index in [1.807, 2.05) is 0 Å². The van der Waals surface area contributed by atoms with E-state index in [2.05, 4.69) is 0 Å².